The number of aliphatic hydroxyl groups excluding tert-OH is 1. The van der Waals surface area contributed by atoms with E-state index in [0.717, 1.165) is 49.7 Å². The molecule has 2 aliphatic rings. The van der Waals surface area contributed by atoms with E-state index < -0.39 is 24.4 Å². The molecule has 216 valence electrons. The Labute approximate surface area is 233 Å². The SMILES string of the molecule is CC=CC(=CC(NC(N)NCC(O)c1ncc(C2(CCC)C=CC3CCC2C3)cc1O)C(=O)O)CCCCC. The summed E-state index contributed by atoms with van der Waals surface area (Å²) in [5.41, 5.74) is 8.11. The third-order valence-corrected chi connectivity index (χ3v) is 8.27. The summed E-state index contributed by atoms with van der Waals surface area (Å²) >= 11 is 0. The van der Waals surface area contributed by atoms with Gasteiger partial charge >= 0.3 is 5.97 Å². The molecule has 2 aliphatic carbocycles. The predicted molar refractivity (Wildman–Crippen MR) is 155 cm³/mol. The Morgan fingerprint density at radius 2 is 2.08 bits per heavy atom. The number of nitrogens with two attached hydrogens (primary N) is 1. The fraction of sp³-hybridized carbons (Fsp3) is 0.613. The van der Waals surface area contributed by atoms with Crippen molar-refractivity contribution < 1.29 is 20.1 Å². The molecule has 8 nitrogen and oxygen atoms in total. The summed E-state index contributed by atoms with van der Waals surface area (Å²) in [5, 5.41) is 37.1. The van der Waals surface area contributed by atoms with Crippen LogP contribution in [0.1, 0.15) is 95.9 Å². The Hall–Kier alpha value is -2.52. The number of allylic oxidation sites excluding steroid dienone is 5. The Balaban J connectivity index is 1.64. The van der Waals surface area contributed by atoms with Crippen molar-refractivity contribution in [3.05, 3.63) is 59.5 Å². The van der Waals surface area contributed by atoms with Crippen LogP contribution < -0.4 is 16.4 Å². The fourth-order valence-corrected chi connectivity index (χ4v) is 6.26. The molecule has 1 aromatic rings. The standard InChI is InChI=1S/C31H48N4O4/c1-4-7-8-10-21(9-5-2)17-25(29(38)39)35-30(32)34-20-27(37)28-26(36)18-24(19-33-28)31(14-6-3)15-13-22-11-12-23(31)16-22/h5,9,13,15,17-19,22-23,25,27,30,34-37H,4,6-8,10-12,14,16,20,32H2,1-3H3,(H,38,39). The second kappa shape index (κ2) is 14.7. The van der Waals surface area contributed by atoms with E-state index in [1.54, 1.807) is 18.3 Å². The lowest BCUT2D eigenvalue weighted by molar-refractivity contribution is -0.138. The first-order chi connectivity index (χ1) is 18.7. The second-order valence-electron chi connectivity index (χ2n) is 11.1. The number of aromatic hydroxyl groups is 1. The third-order valence-electron chi connectivity index (χ3n) is 8.27. The van der Waals surface area contributed by atoms with E-state index in [2.05, 4.69) is 41.6 Å². The number of aliphatic hydroxyl groups is 1. The van der Waals surface area contributed by atoms with Crippen molar-refractivity contribution in [3.8, 4) is 5.75 Å². The smallest absolute Gasteiger partial charge is 0.324 e. The van der Waals surface area contributed by atoms with Gasteiger partial charge in [0.15, 0.2) is 0 Å². The van der Waals surface area contributed by atoms with Crippen molar-refractivity contribution in [3.63, 3.8) is 0 Å². The van der Waals surface area contributed by atoms with Gasteiger partial charge in [0, 0.05) is 18.2 Å². The van der Waals surface area contributed by atoms with Gasteiger partial charge in [0.25, 0.3) is 0 Å². The zero-order valence-corrected chi connectivity index (χ0v) is 23.8. The highest BCUT2D eigenvalue weighted by Crippen LogP contribution is 2.52. The molecule has 1 saturated carbocycles. The molecule has 6 unspecified atom stereocenters. The number of hydrogen-bond acceptors (Lipinski definition) is 7. The maximum atomic E-state index is 11.9. The first-order valence-electron chi connectivity index (χ1n) is 14.6. The predicted octanol–water partition coefficient (Wildman–Crippen LogP) is 4.80. The minimum absolute atomic E-state index is 0.00728. The molecule has 0 aliphatic heterocycles. The van der Waals surface area contributed by atoms with Gasteiger partial charge in [0.2, 0.25) is 0 Å². The molecular formula is C31H48N4O4. The van der Waals surface area contributed by atoms with Crippen LogP contribution in [0.25, 0.3) is 0 Å². The van der Waals surface area contributed by atoms with Crippen LogP contribution in [0.5, 0.6) is 5.75 Å². The van der Waals surface area contributed by atoms with Crippen LogP contribution in [0, 0.1) is 11.8 Å². The number of aliphatic carboxylic acids is 1. The van der Waals surface area contributed by atoms with Crippen LogP contribution >= 0.6 is 0 Å². The maximum Gasteiger partial charge on any atom is 0.324 e. The normalized spacial score (nSPS) is 25.2. The van der Waals surface area contributed by atoms with Crippen LogP contribution in [-0.4, -0.2) is 45.1 Å². The molecule has 0 amide bonds. The molecule has 1 aromatic heterocycles. The van der Waals surface area contributed by atoms with Gasteiger partial charge in [0.1, 0.15) is 29.9 Å². The minimum Gasteiger partial charge on any atom is -0.506 e. The van der Waals surface area contributed by atoms with Crippen LogP contribution in [0.2, 0.25) is 0 Å². The average Bonchev–Trinajstić information content (AvgIpc) is 3.32. The number of nitrogens with zero attached hydrogens (tertiary/aromatic N) is 1. The molecule has 1 heterocycles. The monoisotopic (exact) mass is 540 g/mol. The second-order valence-corrected chi connectivity index (χ2v) is 11.1. The topological polar surface area (TPSA) is 141 Å². The Morgan fingerprint density at radius 1 is 1.28 bits per heavy atom. The Kier molecular flexibility index (Phi) is 11.7. The van der Waals surface area contributed by atoms with E-state index in [9.17, 15) is 20.1 Å². The van der Waals surface area contributed by atoms with Crippen LogP contribution in [0.3, 0.4) is 0 Å². The fourth-order valence-electron chi connectivity index (χ4n) is 6.26. The minimum atomic E-state index is -1.11. The van der Waals surface area contributed by atoms with Gasteiger partial charge in [0.05, 0.1) is 0 Å². The van der Waals surface area contributed by atoms with E-state index in [-0.39, 0.29) is 23.4 Å². The number of carboxylic acid groups (broad SMARTS) is 1. The van der Waals surface area contributed by atoms with E-state index in [1.165, 1.54) is 19.3 Å². The zero-order valence-electron chi connectivity index (χ0n) is 23.8. The first kappa shape index (κ1) is 31.0. The quantitative estimate of drug-likeness (QED) is 0.0760. The Morgan fingerprint density at radius 3 is 2.74 bits per heavy atom. The molecule has 0 aromatic carbocycles. The van der Waals surface area contributed by atoms with Gasteiger partial charge in [-0.2, -0.15) is 0 Å². The number of carboxylic acids is 1. The number of rotatable bonds is 16. The molecule has 2 bridgehead atoms. The number of nitrogens with one attached hydrogen (secondary N) is 2. The van der Waals surface area contributed by atoms with E-state index in [0.29, 0.717) is 11.8 Å². The van der Waals surface area contributed by atoms with Gasteiger partial charge in [-0.05, 0) is 68.9 Å². The van der Waals surface area contributed by atoms with Crippen LogP contribution in [-0.2, 0) is 10.2 Å². The summed E-state index contributed by atoms with van der Waals surface area (Å²) in [6, 6.07) is 0.770. The number of hydrogen-bond donors (Lipinski definition) is 6. The van der Waals surface area contributed by atoms with Gasteiger partial charge in [-0.25, -0.2) is 0 Å². The lowest BCUT2D eigenvalue weighted by atomic mass is 9.64. The molecule has 0 radical (unpaired) electrons. The average molecular weight is 541 g/mol. The van der Waals surface area contributed by atoms with Crippen LogP contribution in [0.4, 0.5) is 0 Å². The maximum absolute atomic E-state index is 11.9. The molecule has 7 N–H and O–H groups in total. The van der Waals surface area contributed by atoms with E-state index in [4.69, 9.17) is 5.73 Å². The summed E-state index contributed by atoms with van der Waals surface area (Å²) in [6.07, 6.45) is 19.5. The van der Waals surface area contributed by atoms with Crippen molar-refractivity contribution in [2.45, 2.75) is 102 Å². The van der Waals surface area contributed by atoms with Crippen molar-refractivity contribution in [1.82, 2.24) is 15.6 Å². The van der Waals surface area contributed by atoms with Crippen molar-refractivity contribution in [2.75, 3.05) is 6.54 Å². The highest BCUT2D eigenvalue weighted by Gasteiger charge is 2.44. The van der Waals surface area contributed by atoms with Crippen molar-refractivity contribution in [1.29, 1.82) is 0 Å². The highest BCUT2D eigenvalue weighted by molar-refractivity contribution is 5.76. The number of pyridine rings is 1. The summed E-state index contributed by atoms with van der Waals surface area (Å²) in [5.74, 6) is 0.137. The largest absolute Gasteiger partial charge is 0.506 e. The van der Waals surface area contributed by atoms with E-state index >= 15 is 0 Å². The van der Waals surface area contributed by atoms with Gasteiger partial charge in [-0.1, -0.05) is 69.1 Å². The molecule has 39 heavy (non-hydrogen) atoms. The summed E-state index contributed by atoms with van der Waals surface area (Å²) < 4.78 is 0. The number of carbonyl (C=O) groups is 1. The molecular weight excluding hydrogens is 492 g/mol. The van der Waals surface area contributed by atoms with Gasteiger partial charge < -0.3 is 21.1 Å². The summed E-state index contributed by atoms with van der Waals surface area (Å²) in [6.45, 7) is 6.21. The molecule has 8 heteroatoms. The van der Waals surface area contributed by atoms with Crippen molar-refractivity contribution in [2.24, 2.45) is 17.6 Å². The lowest BCUT2D eigenvalue weighted by Crippen LogP contribution is -2.55. The number of fused-ring (bicyclic) bond motifs is 2. The third kappa shape index (κ3) is 8.01. The summed E-state index contributed by atoms with van der Waals surface area (Å²) in [4.78, 5) is 16.4. The Bertz CT molecular complexity index is 1040. The van der Waals surface area contributed by atoms with Crippen LogP contribution in [0.15, 0.2) is 48.2 Å². The van der Waals surface area contributed by atoms with Crippen molar-refractivity contribution >= 4 is 5.97 Å². The zero-order chi connectivity index (χ0) is 28.4. The lowest BCUT2D eigenvalue weighted by Gasteiger charge is -2.39. The molecule has 6 atom stereocenters. The molecule has 0 spiro atoms. The number of unbranched alkanes of at least 4 members (excludes halogenated alkanes) is 2. The van der Waals surface area contributed by atoms with Gasteiger partial charge in [-0.15, -0.1) is 0 Å². The molecule has 3 rings (SSSR count). The number of aromatic nitrogens is 1. The van der Waals surface area contributed by atoms with Gasteiger partial charge in [-0.3, -0.25) is 20.4 Å². The summed E-state index contributed by atoms with van der Waals surface area (Å²) in [7, 11) is 0. The first-order valence-corrected chi connectivity index (χ1v) is 14.6. The molecule has 1 fully saturated rings. The molecule has 0 saturated heterocycles. The highest BCUT2D eigenvalue weighted by atomic mass is 16.4. The van der Waals surface area contributed by atoms with E-state index in [1.807, 2.05) is 19.1 Å².